The number of hydrogen-bond acceptors (Lipinski definition) is 6. The van der Waals surface area contributed by atoms with Gasteiger partial charge in [0.15, 0.2) is 0 Å². The van der Waals surface area contributed by atoms with Gasteiger partial charge in [0.05, 0.1) is 10.9 Å². The first kappa shape index (κ1) is 20.7. The van der Waals surface area contributed by atoms with Crippen LogP contribution in [0, 0.1) is 0 Å². The molecule has 8 nitrogen and oxygen atoms in total. The van der Waals surface area contributed by atoms with Crippen LogP contribution in [0.1, 0.15) is 30.8 Å². The average molecular weight is 414 g/mol. The van der Waals surface area contributed by atoms with Crippen LogP contribution < -0.4 is 5.14 Å². The Bertz CT molecular complexity index is 1080. The number of amides is 1. The zero-order valence-electron chi connectivity index (χ0n) is 16.1. The van der Waals surface area contributed by atoms with Crippen molar-refractivity contribution in [1.82, 2.24) is 15.0 Å². The van der Waals surface area contributed by atoms with E-state index in [1.807, 2.05) is 37.3 Å². The maximum Gasteiger partial charge on any atom is 0.238 e. The van der Waals surface area contributed by atoms with Crippen LogP contribution in [0.2, 0.25) is 0 Å². The smallest absolute Gasteiger partial charge is 0.238 e. The van der Waals surface area contributed by atoms with Gasteiger partial charge in [0.1, 0.15) is 0 Å². The largest absolute Gasteiger partial charge is 0.339 e. The third-order valence-corrected chi connectivity index (χ3v) is 5.65. The lowest BCUT2D eigenvalue weighted by atomic mass is 10.1. The normalized spacial score (nSPS) is 12.5. The van der Waals surface area contributed by atoms with Crippen LogP contribution in [0.25, 0.3) is 11.4 Å². The van der Waals surface area contributed by atoms with Crippen LogP contribution in [0.5, 0.6) is 0 Å². The summed E-state index contributed by atoms with van der Waals surface area (Å²) in [6, 6.07) is 15.4. The van der Waals surface area contributed by atoms with Crippen molar-refractivity contribution >= 4 is 15.9 Å². The number of carbonyl (C=O) groups excluding carboxylic acids is 1. The molecule has 3 rings (SSSR count). The van der Waals surface area contributed by atoms with E-state index < -0.39 is 10.0 Å². The first-order valence-corrected chi connectivity index (χ1v) is 10.6. The Hall–Kier alpha value is -3.04. The van der Waals surface area contributed by atoms with E-state index in [-0.39, 0.29) is 23.3 Å². The summed E-state index contributed by atoms with van der Waals surface area (Å²) >= 11 is 0. The van der Waals surface area contributed by atoms with Gasteiger partial charge in [0, 0.05) is 25.5 Å². The molecule has 0 unspecified atom stereocenters. The summed E-state index contributed by atoms with van der Waals surface area (Å²) in [7, 11) is -2.04. The number of rotatable bonds is 7. The molecule has 29 heavy (non-hydrogen) atoms. The fourth-order valence-corrected chi connectivity index (χ4v) is 3.34. The summed E-state index contributed by atoms with van der Waals surface area (Å²) in [4.78, 5) is 18.5. The number of benzene rings is 2. The molecule has 0 bridgehead atoms. The Morgan fingerprint density at radius 2 is 1.79 bits per heavy atom. The number of sulfonamides is 1. The Kier molecular flexibility index (Phi) is 6.09. The molecule has 152 valence electrons. The van der Waals surface area contributed by atoms with Crippen molar-refractivity contribution in [3.63, 3.8) is 0 Å². The third-order valence-electron chi connectivity index (χ3n) is 4.72. The van der Waals surface area contributed by atoms with Crippen LogP contribution in [-0.4, -0.2) is 36.4 Å². The van der Waals surface area contributed by atoms with Gasteiger partial charge in [0.2, 0.25) is 27.6 Å². The third kappa shape index (κ3) is 5.07. The summed E-state index contributed by atoms with van der Waals surface area (Å²) in [6.07, 6.45) is 0.548. The molecule has 1 aromatic heterocycles. The second-order valence-electron chi connectivity index (χ2n) is 6.67. The molecule has 1 atom stereocenters. The summed E-state index contributed by atoms with van der Waals surface area (Å²) in [5.74, 6) is 0.799. The van der Waals surface area contributed by atoms with E-state index in [1.54, 1.807) is 24.1 Å². The zero-order valence-corrected chi connectivity index (χ0v) is 17.0. The molecule has 1 heterocycles. The second-order valence-corrected chi connectivity index (χ2v) is 8.23. The van der Waals surface area contributed by atoms with E-state index >= 15 is 0 Å². The van der Waals surface area contributed by atoms with Crippen molar-refractivity contribution in [3.8, 4) is 11.4 Å². The quantitative estimate of drug-likeness (QED) is 0.634. The van der Waals surface area contributed by atoms with E-state index in [0.29, 0.717) is 18.1 Å². The topological polar surface area (TPSA) is 119 Å². The molecule has 1 amide bonds. The Morgan fingerprint density at radius 1 is 1.14 bits per heavy atom. The van der Waals surface area contributed by atoms with Gasteiger partial charge in [-0.3, -0.25) is 4.79 Å². The molecule has 2 N–H and O–H groups in total. The maximum atomic E-state index is 12.6. The van der Waals surface area contributed by atoms with Crippen LogP contribution in [0.3, 0.4) is 0 Å². The van der Waals surface area contributed by atoms with Gasteiger partial charge in [0.25, 0.3) is 0 Å². The lowest BCUT2D eigenvalue weighted by Crippen LogP contribution is -2.29. The molecule has 3 aromatic rings. The number of aromatic nitrogens is 2. The molecule has 0 fully saturated rings. The number of aryl methyl sites for hydroxylation is 1. The highest BCUT2D eigenvalue weighted by atomic mass is 32.2. The second kappa shape index (κ2) is 8.54. The van der Waals surface area contributed by atoms with E-state index in [4.69, 9.17) is 9.66 Å². The highest BCUT2D eigenvalue weighted by Crippen LogP contribution is 2.22. The van der Waals surface area contributed by atoms with Crippen molar-refractivity contribution in [2.75, 3.05) is 7.05 Å². The molecular weight excluding hydrogens is 392 g/mol. The predicted octanol–water partition coefficient (Wildman–Crippen LogP) is 2.54. The first-order chi connectivity index (χ1) is 13.8. The molecule has 0 saturated carbocycles. The fraction of sp³-hybridized carbons (Fsp3) is 0.250. The zero-order chi connectivity index (χ0) is 21.0. The van der Waals surface area contributed by atoms with Gasteiger partial charge in [-0.2, -0.15) is 4.98 Å². The summed E-state index contributed by atoms with van der Waals surface area (Å²) < 4.78 is 28.0. The SMILES string of the molecule is C[C@H](c1ccc(S(N)(=O)=O)cc1)N(C)C(=O)CCc1nc(-c2ccccc2)no1. The van der Waals surface area contributed by atoms with Crippen LogP contribution >= 0.6 is 0 Å². The Balaban J connectivity index is 1.60. The molecule has 0 aliphatic carbocycles. The minimum absolute atomic E-state index is 0.0352. The van der Waals surface area contributed by atoms with Gasteiger partial charge >= 0.3 is 0 Å². The van der Waals surface area contributed by atoms with Crippen LogP contribution in [0.15, 0.2) is 64.0 Å². The van der Waals surface area contributed by atoms with Gasteiger partial charge in [-0.15, -0.1) is 0 Å². The lowest BCUT2D eigenvalue weighted by molar-refractivity contribution is -0.131. The van der Waals surface area contributed by atoms with Crippen molar-refractivity contribution < 1.29 is 17.7 Å². The molecule has 0 radical (unpaired) electrons. The van der Waals surface area contributed by atoms with Gasteiger partial charge in [-0.1, -0.05) is 47.6 Å². The number of nitrogens with zero attached hydrogens (tertiary/aromatic N) is 3. The molecule has 0 saturated heterocycles. The summed E-state index contributed by atoms with van der Waals surface area (Å²) in [6.45, 7) is 1.87. The highest BCUT2D eigenvalue weighted by Gasteiger charge is 2.19. The number of nitrogens with two attached hydrogens (primary N) is 1. The van der Waals surface area contributed by atoms with E-state index in [1.165, 1.54) is 12.1 Å². The minimum atomic E-state index is -3.74. The van der Waals surface area contributed by atoms with E-state index in [9.17, 15) is 13.2 Å². The lowest BCUT2D eigenvalue weighted by Gasteiger charge is -2.25. The standard InChI is InChI=1S/C20H22N4O4S/c1-14(15-8-10-17(11-9-15)29(21,26)27)24(2)19(25)13-12-18-22-20(23-28-18)16-6-4-3-5-7-16/h3-11,14H,12-13H2,1-2H3,(H2,21,26,27)/t14-/m1/s1. The Labute approximate surface area is 169 Å². The summed E-state index contributed by atoms with van der Waals surface area (Å²) in [5.41, 5.74) is 1.65. The first-order valence-electron chi connectivity index (χ1n) is 9.02. The van der Waals surface area contributed by atoms with Crippen molar-refractivity contribution in [2.45, 2.75) is 30.7 Å². The number of carbonyl (C=O) groups is 1. The van der Waals surface area contributed by atoms with E-state index in [0.717, 1.165) is 11.1 Å². The van der Waals surface area contributed by atoms with Crippen LogP contribution in [0.4, 0.5) is 0 Å². The molecule has 2 aromatic carbocycles. The highest BCUT2D eigenvalue weighted by molar-refractivity contribution is 7.89. The number of hydrogen-bond donors (Lipinski definition) is 1. The van der Waals surface area contributed by atoms with Gasteiger partial charge in [-0.05, 0) is 24.6 Å². The van der Waals surface area contributed by atoms with Crippen molar-refractivity contribution in [2.24, 2.45) is 5.14 Å². The van der Waals surface area contributed by atoms with Crippen LogP contribution in [-0.2, 0) is 21.2 Å². The monoisotopic (exact) mass is 414 g/mol. The minimum Gasteiger partial charge on any atom is -0.339 e. The maximum absolute atomic E-state index is 12.6. The van der Waals surface area contributed by atoms with Gasteiger partial charge < -0.3 is 9.42 Å². The number of primary sulfonamides is 1. The molecule has 0 aliphatic rings. The summed E-state index contributed by atoms with van der Waals surface area (Å²) in [5, 5.41) is 9.06. The van der Waals surface area contributed by atoms with Crippen molar-refractivity contribution in [3.05, 3.63) is 66.1 Å². The van der Waals surface area contributed by atoms with E-state index in [2.05, 4.69) is 10.1 Å². The molecular formula is C20H22N4O4S. The average Bonchev–Trinajstić information content (AvgIpc) is 3.20. The molecule has 0 aliphatic heterocycles. The fourth-order valence-electron chi connectivity index (χ4n) is 2.83. The Morgan fingerprint density at radius 3 is 2.41 bits per heavy atom. The van der Waals surface area contributed by atoms with Crippen molar-refractivity contribution in [1.29, 1.82) is 0 Å². The molecule has 0 spiro atoms. The van der Waals surface area contributed by atoms with Gasteiger partial charge in [-0.25, -0.2) is 13.6 Å². The molecule has 9 heteroatoms. The predicted molar refractivity (Wildman–Crippen MR) is 107 cm³/mol.